The number of benzene rings is 2. The van der Waals surface area contributed by atoms with Gasteiger partial charge in [0.25, 0.3) is 17.7 Å². The summed E-state index contributed by atoms with van der Waals surface area (Å²) in [5.41, 5.74) is 1.72. The summed E-state index contributed by atoms with van der Waals surface area (Å²) in [6, 6.07) is 11.2. The van der Waals surface area contributed by atoms with Crippen LogP contribution in [0.2, 0.25) is 0 Å². The predicted molar refractivity (Wildman–Crippen MR) is 131 cm³/mol. The SMILES string of the molecule is CCOc1ccc(CN2C(=O)c3ccccc3C2=O)cc1C(=O)N1C(C(=O)OC)CC2CCCCC21. The maximum atomic E-state index is 14.0. The molecule has 0 spiro atoms. The lowest BCUT2D eigenvalue weighted by Gasteiger charge is -2.33. The molecular weight excluding hydrogens is 460 g/mol. The van der Waals surface area contributed by atoms with E-state index in [0.717, 1.165) is 25.7 Å². The number of ether oxygens (including phenoxy) is 2. The summed E-state index contributed by atoms with van der Waals surface area (Å²) in [5.74, 6) is -0.717. The summed E-state index contributed by atoms with van der Waals surface area (Å²) in [6.45, 7) is 2.24. The monoisotopic (exact) mass is 490 g/mol. The fourth-order valence-electron chi connectivity index (χ4n) is 5.93. The Labute approximate surface area is 210 Å². The van der Waals surface area contributed by atoms with Crippen LogP contribution < -0.4 is 4.74 Å². The van der Waals surface area contributed by atoms with Crippen molar-refractivity contribution >= 4 is 23.7 Å². The highest BCUT2D eigenvalue weighted by atomic mass is 16.5. The van der Waals surface area contributed by atoms with Gasteiger partial charge >= 0.3 is 5.97 Å². The normalized spacial score (nSPS) is 22.9. The first-order chi connectivity index (χ1) is 17.4. The smallest absolute Gasteiger partial charge is 0.328 e. The minimum absolute atomic E-state index is 0.0234. The Bertz CT molecular complexity index is 1190. The summed E-state index contributed by atoms with van der Waals surface area (Å²) in [6.07, 6.45) is 4.54. The zero-order chi connectivity index (χ0) is 25.4. The Morgan fingerprint density at radius 3 is 2.36 bits per heavy atom. The third-order valence-electron chi connectivity index (χ3n) is 7.59. The molecule has 0 radical (unpaired) electrons. The zero-order valence-corrected chi connectivity index (χ0v) is 20.6. The van der Waals surface area contributed by atoms with Gasteiger partial charge in [-0.1, -0.05) is 31.0 Å². The average molecular weight is 491 g/mol. The van der Waals surface area contributed by atoms with Crippen LogP contribution in [0.1, 0.15) is 75.7 Å². The second-order valence-electron chi connectivity index (χ2n) is 9.60. The molecule has 1 aliphatic carbocycles. The number of hydrogen-bond donors (Lipinski definition) is 0. The number of carbonyl (C=O) groups excluding carboxylic acids is 4. The summed E-state index contributed by atoms with van der Waals surface area (Å²) < 4.78 is 10.8. The first-order valence-electron chi connectivity index (χ1n) is 12.6. The van der Waals surface area contributed by atoms with E-state index in [2.05, 4.69) is 0 Å². The molecule has 36 heavy (non-hydrogen) atoms. The molecular formula is C28H30N2O6. The minimum Gasteiger partial charge on any atom is -0.493 e. The van der Waals surface area contributed by atoms with Gasteiger partial charge in [0.05, 0.1) is 37.0 Å². The minimum atomic E-state index is -0.634. The molecule has 3 atom stereocenters. The molecule has 8 nitrogen and oxygen atoms in total. The molecule has 3 amide bonds. The van der Waals surface area contributed by atoms with Gasteiger partial charge in [0.2, 0.25) is 0 Å². The molecule has 5 rings (SSSR count). The van der Waals surface area contributed by atoms with E-state index in [-0.39, 0.29) is 36.2 Å². The van der Waals surface area contributed by atoms with E-state index in [0.29, 0.717) is 41.0 Å². The Balaban J connectivity index is 1.47. The highest BCUT2D eigenvalue weighted by Gasteiger charge is 2.48. The molecule has 2 aromatic carbocycles. The van der Waals surface area contributed by atoms with Gasteiger partial charge in [0.15, 0.2) is 0 Å². The van der Waals surface area contributed by atoms with Crippen LogP contribution in [-0.2, 0) is 16.1 Å². The zero-order valence-electron chi connectivity index (χ0n) is 20.6. The number of likely N-dealkylation sites (tertiary alicyclic amines) is 1. The molecule has 3 aliphatic rings. The molecule has 2 aromatic rings. The number of rotatable bonds is 6. The van der Waals surface area contributed by atoms with Crippen molar-refractivity contribution in [1.29, 1.82) is 0 Å². The van der Waals surface area contributed by atoms with Crippen molar-refractivity contribution < 1.29 is 28.7 Å². The van der Waals surface area contributed by atoms with Crippen molar-refractivity contribution in [3.05, 3.63) is 64.7 Å². The van der Waals surface area contributed by atoms with Gasteiger partial charge in [-0.15, -0.1) is 0 Å². The Morgan fingerprint density at radius 1 is 1.00 bits per heavy atom. The summed E-state index contributed by atoms with van der Waals surface area (Å²) in [7, 11) is 1.35. The molecule has 0 aromatic heterocycles. The van der Waals surface area contributed by atoms with Crippen LogP contribution in [0.3, 0.4) is 0 Å². The van der Waals surface area contributed by atoms with E-state index in [1.165, 1.54) is 12.0 Å². The number of nitrogens with zero attached hydrogens (tertiary/aromatic N) is 2. The summed E-state index contributed by atoms with van der Waals surface area (Å²) >= 11 is 0. The lowest BCUT2D eigenvalue weighted by Crippen LogP contribution is -2.46. The van der Waals surface area contributed by atoms with Gasteiger partial charge in [-0.2, -0.15) is 0 Å². The number of methoxy groups -OCH3 is 1. The summed E-state index contributed by atoms with van der Waals surface area (Å²) in [5, 5.41) is 0. The highest BCUT2D eigenvalue weighted by Crippen LogP contribution is 2.41. The second-order valence-corrected chi connectivity index (χ2v) is 9.60. The largest absolute Gasteiger partial charge is 0.493 e. The van der Waals surface area contributed by atoms with Gasteiger partial charge in [0, 0.05) is 6.04 Å². The molecule has 0 bridgehead atoms. The maximum absolute atomic E-state index is 14.0. The Morgan fingerprint density at radius 2 is 1.69 bits per heavy atom. The van der Waals surface area contributed by atoms with E-state index < -0.39 is 12.0 Å². The highest BCUT2D eigenvalue weighted by molar-refractivity contribution is 6.21. The van der Waals surface area contributed by atoms with Crippen LogP contribution >= 0.6 is 0 Å². The van der Waals surface area contributed by atoms with E-state index in [9.17, 15) is 19.2 Å². The standard InChI is InChI=1S/C28H30N2O6/c1-3-36-24-13-12-17(16-29-25(31)19-9-5-6-10-20(19)26(29)32)14-21(24)27(33)30-22-11-7-4-8-18(22)15-23(30)28(34)35-2/h5-6,9-10,12-14,18,22-23H,3-4,7-8,11,15-16H2,1-2H3. The first-order valence-corrected chi connectivity index (χ1v) is 12.6. The summed E-state index contributed by atoms with van der Waals surface area (Å²) in [4.78, 5) is 55.3. The van der Waals surface area contributed by atoms with Crippen molar-refractivity contribution in [3.8, 4) is 5.75 Å². The van der Waals surface area contributed by atoms with Crippen LogP contribution in [0, 0.1) is 5.92 Å². The number of esters is 1. The second kappa shape index (κ2) is 9.76. The van der Waals surface area contributed by atoms with Crippen LogP contribution in [0.5, 0.6) is 5.75 Å². The molecule has 3 unspecified atom stereocenters. The van der Waals surface area contributed by atoms with E-state index in [1.807, 2.05) is 6.92 Å². The van der Waals surface area contributed by atoms with Crippen LogP contribution in [0.4, 0.5) is 0 Å². The molecule has 2 aliphatic heterocycles. The maximum Gasteiger partial charge on any atom is 0.328 e. The first kappa shape index (κ1) is 24.0. The van der Waals surface area contributed by atoms with Gasteiger partial charge in [-0.25, -0.2) is 4.79 Å². The molecule has 1 saturated carbocycles. The Hall–Kier alpha value is -3.68. The molecule has 188 valence electrons. The molecule has 0 N–H and O–H groups in total. The van der Waals surface area contributed by atoms with Crippen LogP contribution in [0.15, 0.2) is 42.5 Å². The number of imide groups is 1. The number of carbonyl (C=O) groups is 4. The number of hydrogen-bond acceptors (Lipinski definition) is 6. The van der Waals surface area contributed by atoms with Crippen molar-refractivity contribution in [1.82, 2.24) is 9.80 Å². The van der Waals surface area contributed by atoms with Gasteiger partial charge in [-0.3, -0.25) is 19.3 Å². The quantitative estimate of drug-likeness (QED) is 0.451. The molecule has 2 fully saturated rings. The van der Waals surface area contributed by atoms with Gasteiger partial charge in [-0.05, 0) is 61.9 Å². The van der Waals surface area contributed by atoms with Crippen molar-refractivity contribution in [2.45, 2.75) is 57.7 Å². The predicted octanol–water partition coefficient (Wildman–Crippen LogP) is 3.83. The fourth-order valence-corrected chi connectivity index (χ4v) is 5.93. The molecule has 1 saturated heterocycles. The van der Waals surface area contributed by atoms with Crippen molar-refractivity contribution in [2.24, 2.45) is 5.92 Å². The fraction of sp³-hybridized carbons (Fsp3) is 0.429. The topological polar surface area (TPSA) is 93.2 Å². The number of amides is 3. The van der Waals surface area contributed by atoms with Gasteiger partial charge in [0.1, 0.15) is 11.8 Å². The van der Waals surface area contributed by atoms with E-state index in [4.69, 9.17) is 9.47 Å². The van der Waals surface area contributed by atoms with E-state index >= 15 is 0 Å². The van der Waals surface area contributed by atoms with Gasteiger partial charge < -0.3 is 14.4 Å². The third-order valence-corrected chi connectivity index (χ3v) is 7.59. The Kier molecular flexibility index (Phi) is 6.51. The van der Waals surface area contributed by atoms with Crippen molar-refractivity contribution in [3.63, 3.8) is 0 Å². The molecule has 8 heteroatoms. The number of fused-ring (bicyclic) bond motifs is 2. The van der Waals surface area contributed by atoms with Crippen LogP contribution in [0.25, 0.3) is 0 Å². The van der Waals surface area contributed by atoms with Crippen molar-refractivity contribution in [2.75, 3.05) is 13.7 Å². The lowest BCUT2D eigenvalue weighted by molar-refractivity contribution is -0.145. The van der Waals surface area contributed by atoms with Crippen LogP contribution in [-0.4, -0.2) is 59.3 Å². The lowest BCUT2D eigenvalue weighted by atomic mass is 9.84. The van der Waals surface area contributed by atoms with E-state index in [1.54, 1.807) is 47.4 Å². The third kappa shape index (κ3) is 4.04. The molecule has 2 heterocycles. The average Bonchev–Trinajstić information content (AvgIpc) is 3.40.